The molecular formula is C27H17F3N2O3S2. The van der Waals surface area contributed by atoms with Crippen molar-refractivity contribution in [3.05, 3.63) is 105 Å². The number of benzene rings is 3. The van der Waals surface area contributed by atoms with Crippen molar-refractivity contribution in [1.82, 2.24) is 4.98 Å². The van der Waals surface area contributed by atoms with Crippen LogP contribution in [-0.2, 0) is 15.8 Å². The number of para-hydroxylation sites is 1. The van der Waals surface area contributed by atoms with Crippen LogP contribution in [0.3, 0.4) is 0 Å². The second kappa shape index (κ2) is 8.74. The maximum atomic E-state index is 13.8. The van der Waals surface area contributed by atoms with Crippen molar-refractivity contribution in [2.75, 3.05) is 4.90 Å². The number of anilines is 1. The van der Waals surface area contributed by atoms with Crippen LogP contribution in [0.5, 0.6) is 0 Å². The molecule has 1 N–H and O–H groups in total. The van der Waals surface area contributed by atoms with Gasteiger partial charge in [-0.1, -0.05) is 89.8 Å². The number of imide groups is 1. The third-order valence-corrected chi connectivity index (χ3v) is 9.05. The van der Waals surface area contributed by atoms with E-state index in [0.717, 1.165) is 46.4 Å². The number of aromatic amines is 1. The standard InChI is InChI=1S/C27H17F3N2O3S2/c28-27(29,30)17-8-4-5-9-18(17)32-24(33)20-19(21-23(31-26(35)37-21)36-22(20)25(32)34)16-12-10-15(11-13-16)14-6-2-1-3-7-14/h1-13,19-20,22H,(H,31,35)/t19-,20?,22?/m1/s1. The monoisotopic (exact) mass is 538 g/mol. The number of nitrogens with one attached hydrogen (secondary N) is 1. The molecule has 5 nitrogen and oxygen atoms in total. The molecule has 6 rings (SSSR count). The molecule has 2 amide bonds. The topological polar surface area (TPSA) is 70.2 Å². The number of hydrogen-bond acceptors (Lipinski definition) is 5. The van der Waals surface area contributed by atoms with E-state index in [1.807, 2.05) is 54.6 Å². The van der Waals surface area contributed by atoms with Gasteiger partial charge in [-0.15, -0.1) is 0 Å². The Balaban J connectivity index is 1.45. The van der Waals surface area contributed by atoms with E-state index >= 15 is 0 Å². The summed E-state index contributed by atoms with van der Waals surface area (Å²) in [6, 6.07) is 21.8. The van der Waals surface area contributed by atoms with Gasteiger partial charge in [-0.05, 0) is 28.8 Å². The van der Waals surface area contributed by atoms with Crippen molar-refractivity contribution in [3.63, 3.8) is 0 Å². The van der Waals surface area contributed by atoms with Crippen LogP contribution in [-0.4, -0.2) is 22.0 Å². The molecule has 0 saturated carbocycles. The zero-order valence-electron chi connectivity index (χ0n) is 18.9. The van der Waals surface area contributed by atoms with E-state index in [1.54, 1.807) is 0 Å². The normalized spacial score (nSPS) is 21.2. The summed E-state index contributed by atoms with van der Waals surface area (Å²) in [5.41, 5.74) is 1.13. The first-order chi connectivity index (χ1) is 17.7. The number of hydrogen-bond donors (Lipinski definition) is 1. The highest BCUT2D eigenvalue weighted by Gasteiger charge is 2.57. The number of halogens is 3. The highest BCUT2D eigenvalue weighted by Crippen LogP contribution is 2.54. The van der Waals surface area contributed by atoms with E-state index < -0.39 is 46.3 Å². The van der Waals surface area contributed by atoms with Gasteiger partial charge in [0.05, 0.1) is 22.2 Å². The molecule has 1 aromatic heterocycles. The van der Waals surface area contributed by atoms with E-state index in [2.05, 4.69) is 4.98 Å². The van der Waals surface area contributed by atoms with Crippen molar-refractivity contribution in [2.45, 2.75) is 22.4 Å². The lowest BCUT2D eigenvalue weighted by Crippen LogP contribution is -2.33. The van der Waals surface area contributed by atoms with Crippen LogP contribution in [0.4, 0.5) is 18.9 Å². The minimum atomic E-state index is -4.74. The fourth-order valence-corrected chi connectivity index (χ4v) is 7.55. The number of thioether (sulfide) groups is 1. The molecular weight excluding hydrogens is 521 g/mol. The highest BCUT2D eigenvalue weighted by molar-refractivity contribution is 8.00. The molecule has 2 aliphatic heterocycles. The molecule has 4 aromatic rings. The van der Waals surface area contributed by atoms with Gasteiger partial charge in [0.25, 0.3) is 0 Å². The molecule has 10 heteroatoms. The van der Waals surface area contributed by atoms with Gasteiger partial charge in [-0.3, -0.25) is 14.4 Å². The van der Waals surface area contributed by atoms with Crippen LogP contribution < -0.4 is 9.77 Å². The Hall–Kier alpha value is -3.63. The van der Waals surface area contributed by atoms with Crippen molar-refractivity contribution in [2.24, 2.45) is 5.92 Å². The summed E-state index contributed by atoms with van der Waals surface area (Å²) in [6.07, 6.45) is -4.74. The number of rotatable bonds is 3. The molecule has 3 heterocycles. The SMILES string of the molecule is O=C1C2Sc3[nH]c(=O)sc3[C@H](c3ccc(-c4ccccc4)cc3)C2C(=O)N1c1ccccc1C(F)(F)F. The lowest BCUT2D eigenvalue weighted by atomic mass is 9.82. The lowest BCUT2D eigenvalue weighted by molar-refractivity contribution is -0.137. The smallest absolute Gasteiger partial charge is 0.307 e. The maximum absolute atomic E-state index is 13.8. The quantitative estimate of drug-likeness (QED) is 0.329. The van der Waals surface area contributed by atoms with Crippen LogP contribution in [0, 0.1) is 5.92 Å². The Labute approximate surface area is 217 Å². The number of thiazole rings is 1. The fraction of sp³-hybridized carbons (Fsp3) is 0.148. The number of fused-ring (bicyclic) bond motifs is 2. The molecule has 186 valence electrons. The van der Waals surface area contributed by atoms with E-state index in [1.165, 1.54) is 12.1 Å². The number of carbonyl (C=O) groups is 2. The third kappa shape index (κ3) is 3.91. The number of carbonyl (C=O) groups excluding carboxylic acids is 2. The second-order valence-corrected chi connectivity index (χ2v) is 10.9. The summed E-state index contributed by atoms with van der Waals surface area (Å²) < 4.78 is 41.3. The number of nitrogens with zero attached hydrogens (tertiary/aromatic N) is 1. The van der Waals surface area contributed by atoms with Gasteiger partial charge in [0.2, 0.25) is 11.8 Å². The molecule has 3 atom stereocenters. The van der Waals surface area contributed by atoms with Crippen molar-refractivity contribution >= 4 is 40.6 Å². The summed E-state index contributed by atoms with van der Waals surface area (Å²) >= 11 is 1.99. The van der Waals surface area contributed by atoms with E-state index in [4.69, 9.17) is 0 Å². The third-order valence-electron chi connectivity index (χ3n) is 6.65. The summed E-state index contributed by atoms with van der Waals surface area (Å²) in [4.78, 5) is 43.2. The summed E-state index contributed by atoms with van der Waals surface area (Å²) in [7, 11) is 0. The van der Waals surface area contributed by atoms with Gasteiger partial charge in [-0.2, -0.15) is 13.2 Å². The van der Waals surface area contributed by atoms with Crippen molar-refractivity contribution < 1.29 is 22.8 Å². The molecule has 2 aliphatic rings. The number of alkyl halides is 3. The average Bonchev–Trinajstić information content (AvgIpc) is 3.38. The van der Waals surface area contributed by atoms with E-state index in [9.17, 15) is 27.6 Å². The lowest BCUT2D eigenvalue weighted by Gasteiger charge is -2.30. The molecule has 1 fully saturated rings. The van der Waals surface area contributed by atoms with Crippen LogP contribution in [0.15, 0.2) is 88.7 Å². The van der Waals surface area contributed by atoms with Gasteiger partial charge < -0.3 is 4.98 Å². The van der Waals surface area contributed by atoms with Crippen LogP contribution >= 0.6 is 23.1 Å². The summed E-state index contributed by atoms with van der Waals surface area (Å²) in [6.45, 7) is 0. The molecule has 2 unspecified atom stereocenters. The van der Waals surface area contributed by atoms with E-state index in [0.29, 0.717) is 20.4 Å². The molecule has 37 heavy (non-hydrogen) atoms. The molecule has 0 aliphatic carbocycles. The minimum Gasteiger partial charge on any atom is -0.307 e. The van der Waals surface area contributed by atoms with Gasteiger partial charge in [-0.25, -0.2) is 4.90 Å². The van der Waals surface area contributed by atoms with Crippen LogP contribution in [0.2, 0.25) is 0 Å². The number of aromatic nitrogens is 1. The maximum Gasteiger partial charge on any atom is 0.418 e. The Kier molecular flexibility index (Phi) is 5.61. The van der Waals surface area contributed by atoms with Gasteiger partial charge in [0.15, 0.2) is 0 Å². The zero-order valence-corrected chi connectivity index (χ0v) is 20.5. The van der Waals surface area contributed by atoms with Crippen molar-refractivity contribution in [1.29, 1.82) is 0 Å². The zero-order chi connectivity index (χ0) is 25.9. The predicted octanol–water partition coefficient (Wildman–Crippen LogP) is 5.92. The van der Waals surface area contributed by atoms with Crippen LogP contribution in [0.1, 0.15) is 21.9 Å². The Morgan fingerprint density at radius 2 is 1.43 bits per heavy atom. The highest BCUT2D eigenvalue weighted by atomic mass is 32.2. The first-order valence-electron chi connectivity index (χ1n) is 11.3. The molecule has 0 radical (unpaired) electrons. The minimum absolute atomic E-state index is 0.317. The molecule has 0 bridgehead atoms. The number of H-pyrrole nitrogens is 1. The van der Waals surface area contributed by atoms with Crippen LogP contribution in [0.25, 0.3) is 11.1 Å². The molecule has 0 spiro atoms. The average molecular weight is 539 g/mol. The van der Waals surface area contributed by atoms with Gasteiger partial charge in [0, 0.05) is 10.8 Å². The molecule has 1 saturated heterocycles. The first-order valence-corrected chi connectivity index (χ1v) is 13.0. The van der Waals surface area contributed by atoms with Gasteiger partial charge >= 0.3 is 11.0 Å². The largest absolute Gasteiger partial charge is 0.418 e. The van der Waals surface area contributed by atoms with Crippen molar-refractivity contribution in [3.8, 4) is 11.1 Å². The van der Waals surface area contributed by atoms with E-state index in [-0.39, 0.29) is 4.87 Å². The first kappa shape index (κ1) is 23.7. The Morgan fingerprint density at radius 3 is 2.14 bits per heavy atom. The fourth-order valence-electron chi connectivity index (χ4n) is 5.04. The Bertz CT molecular complexity index is 1580. The van der Waals surface area contributed by atoms with Gasteiger partial charge in [0.1, 0.15) is 5.25 Å². The second-order valence-electron chi connectivity index (χ2n) is 8.76. The summed E-state index contributed by atoms with van der Waals surface area (Å²) in [5.74, 6) is -3.04. The number of amides is 2. The Morgan fingerprint density at radius 1 is 0.784 bits per heavy atom. The molecule has 3 aromatic carbocycles. The predicted molar refractivity (Wildman–Crippen MR) is 136 cm³/mol. The summed E-state index contributed by atoms with van der Waals surface area (Å²) in [5, 5.41) is -0.495.